The number of benzene rings is 5. The monoisotopic (exact) mass is 798 g/mol. The molecule has 5 aromatic rings. The van der Waals surface area contributed by atoms with Gasteiger partial charge in [0.1, 0.15) is 43.1 Å². The van der Waals surface area contributed by atoms with Crippen LogP contribution in [0.15, 0.2) is 127 Å². The molecule has 10 nitrogen and oxygen atoms in total. The zero-order valence-corrected chi connectivity index (χ0v) is 34.9. The second-order valence-electron chi connectivity index (χ2n) is 14.7. The van der Waals surface area contributed by atoms with E-state index in [1.54, 1.807) is 28.1 Å². The maximum Gasteiger partial charge on any atom is 0.329 e. The Labute approximate surface area is 349 Å². The number of hydrogen-bond acceptors (Lipinski definition) is 9. The van der Waals surface area contributed by atoms with Crippen molar-refractivity contribution < 1.29 is 28.6 Å². The van der Waals surface area contributed by atoms with E-state index in [4.69, 9.17) is 14.2 Å². The highest BCUT2D eigenvalue weighted by Gasteiger charge is 2.33. The maximum absolute atomic E-state index is 14.2. The Balaban J connectivity index is 1.53. The first-order valence-electron chi connectivity index (χ1n) is 20.3. The van der Waals surface area contributed by atoms with E-state index in [0.29, 0.717) is 37.6 Å². The molecule has 310 valence electrons. The molecule has 0 bridgehead atoms. The molecule has 3 atom stereocenters. The van der Waals surface area contributed by atoms with E-state index in [1.807, 2.05) is 128 Å². The van der Waals surface area contributed by atoms with Gasteiger partial charge in [0.25, 0.3) is 0 Å². The first-order valence-corrected chi connectivity index (χ1v) is 20.3. The number of nitrogens with one attached hydrogen (secondary N) is 3. The Hall–Kier alpha value is -5.81. The van der Waals surface area contributed by atoms with Crippen molar-refractivity contribution in [3.8, 4) is 22.6 Å². The van der Waals surface area contributed by atoms with Crippen molar-refractivity contribution >= 4 is 17.7 Å². The van der Waals surface area contributed by atoms with Gasteiger partial charge in [-0.3, -0.25) is 9.59 Å². The second kappa shape index (κ2) is 23.0. The van der Waals surface area contributed by atoms with Crippen molar-refractivity contribution in [1.29, 1.82) is 0 Å². The molecule has 10 heteroatoms. The Morgan fingerprint density at radius 2 is 1.08 bits per heavy atom. The molecule has 0 saturated heterocycles. The van der Waals surface area contributed by atoms with Crippen LogP contribution in [0.4, 0.5) is 0 Å². The van der Waals surface area contributed by atoms with Crippen LogP contribution in [0.1, 0.15) is 47.6 Å². The third kappa shape index (κ3) is 13.1. The lowest BCUT2D eigenvalue weighted by atomic mass is 9.94. The molecule has 0 radical (unpaired) electrons. The summed E-state index contributed by atoms with van der Waals surface area (Å²) in [7, 11) is 7.10. The van der Waals surface area contributed by atoms with Crippen LogP contribution >= 0.6 is 0 Å². The topological polar surface area (TPSA) is 118 Å². The number of nitrogens with zero attached hydrogens (tertiary/aromatic N) is 1. The van der Waals surface area contributed by atoms with E-state index < -0.39 is 24.1 Å². The van der Waals surface area contributed by atoms with Crippen molar-refractivity contribution in [1.82, 2.24) is 20.9 Å². The molecule has 3 N–H and O–H groups in total. The Morgan fingerprint density at radius 1 is 0.610 bits per heavy atom. The normalized spacial score (nSPS) is 12.6. The Morgan fingerprint density at radius 3 is 1.54 bits per heavy atom. The number of rotatable bonds is 23. The molecular weight excluding hydrogens is 741 g/mol. The summed E-state index contributed by atoms with van der Waals surface area (Å²) < 4.78 is 18.7. The largest absolute Gasteiger partial charge is 0.489 e. The summed E-state index contributed by atoms with van der Waals surface area (Å²) in [6.07, 6.45) is 1.94. The number of amides is 1. The van der Waals surface area contributed by atoms with Gasteiger partial charge < -0.3 is 35.1 Å². The lowest BCUT2D eigenvalue weighted by Gasteiger charge is -2.30. The minimum absolute atomic E-state index is 0.0283. The van der Waals surface area contributed by atoms with E-state index >= 15 is 0 Å². The summed E-state index contributed by atoms with van der Waals surface area (Å²) in [6.45, 7) is 3.11. The van der Waals surface area contributed by atoms with Crippen LogP contribution in [0.25, 0.3) is 11.1 Å². The minimum Gasteiger partial charge on any atom is -0.489 e. The number of ketones is 1. The van der Waals surface area contributed by atoms with Gasteiger partial charge in [-0.1, -0.05) is 103 Å². The highest BCUT2D eigenvalue weighted by atomic mass is 16.5. The molecule has 0 fully saturated rings. The number of carbonyl (C=O) groups excluding carboxylic acids is 3. The summed E-state index contributed by atoms with van der Waals surface area (Å²) in [5, 5.41) is 9.45. The van der Waals surface area contributed by atoms with Gasteiger partial charge in [0.15, 0.2) is 0 Å². The van der Waals surface area contributed by atoms with E-state index in [0.717, 1.165) is 51.9 Å². The van der Waals surface area contributed by atoms with E-state index in [2.05, 4.69) is 22.0 Å². The van der Waals surface area contributed by atoms with Gasteiger partial charge in [0.2, 0.25) is 5.91 Å². The zero-order chi connectivity index (χ0) is 42.0. The van der Waals surface area contributed by atoms with Crippen LogP contribution in [0.2, 0.25) is 0 Å². The van der Waals surface area contributed by atoms with Gasteiger partial charge in [0.05, 0.1) is 12.1 Å². The van der Waals surface area contributed by atoms with Crippen LogP contribution in [0.5, 0.6) is 11.5 Å². The summed E-state index contributed by atoms with van der Waals surface area (Å²) in [6, 6.07) is 39.4. The number of likely N-dealkylation sites (N-methyl/N-ethyl adjacent to an activating group) is 3. The van der Waals surface area contributed by atoms with Crippen LogP contribution < -0.4 is 25.4 Å². The molecule has 0 aromatic heterocycles. The molecule has 59 heavy (non-hydrogen) atoms. The average molecular weight is 799 g/mol. The smallest absolute Gasteiger partial charge is 0.329 e. The molecule has 0 aliphatic heterocycles. The lowest BCUT2D eigenvalue weighted by Crippen LogP contribution is -2.51. The van der Waals surface area contributed by atoms with Crippen molar-refractivity contribution in [3.63, 3.8) is 0 Å². The third-order valence-corrected chi connectivity index (χ3v) is 10.5. The standard InChI is InChI=1S/C49H58N4O6/c1-35(54)44(52-4)30-41-28-39(23-25-46(41)57-32-36-16-9-6-10-17-36)40-24-26-47(58-33-37-18-11-7-12-19-37)42(29-40)31-45(49(56)59-34-38-20-13-8-14-21-38)53(5)48(55)43(51-3)22-15-27-50-2/h6-14,16-21,23-26,28-29,43-45,50-52H,15,22,27,30-34H2,1-5H3/t43?,44-,45-/m0/s1. The first-order chi connectivity index (χ1) is 28.7. The van der Waals surface area contributed by atoms with Gasteiger partial charge >= 0.3 is 5.97 Å². The molecule has 0 aliphatic rings. The van der Waals surface area contributed by atoms with Gasteiger partial charge in [-0.25, -0.2) is 4.79 Å². The number of ether oxygens (including phenoxy) is 3. The third-order valence-electron chi connectivity index (χ3n) is 10.5. The zero-order valence-electron chi connectivity index (χ0n) is 34.9. The molecule has 5 aromatic carbocycles. The Bertz CT molecular complexity index is 2080. The number of hydrogen-bond donors (Lipinski definition) is 3. The highest BCUT2D eigenvalue weighted by molar-refractivity contribution is 5.88. The molecule has 0 heterocycles. The van der Waals surface area contributed by atoms with Crippen molar-refractivity contribution in [2.24, 2.45) is 0 Å². The van der Waals surface area contributed by atoms with Crippen LogP contribution in [0, 0.1) is 0 Å². The molecule has 1 unspecified atom stereocenters. The predicted molar refractivity (Wildman–Crippen MR) is 233 cm³/mol. The van der Waals surface area contributed by atoms with Crippen LogP contribution in [-0.4, -0.2) is 75.4 Å². The number of Topliss-reactive ketones (excluding diaryl/α,β-unsaturated/α-hetero) is 1. The maximum atomic E-state index is 14.2. The van der Waals surface area contributed by atoms with Crippen molar-refractivity contribution in [3.05, 3.63) is 155 Å². The fourth-order valence-electron chi connectivity index (χ4n) is 6.94. The fourth-order valence-corrected chi connectivity index (χ4v) is 6.94. The number of esters is 1. The SMILES string of the molecule is CNCCCC(NC)C(=O)N(C)[C@@H](Cc1cc(-c2ccc(OCc3ccccc3)c(C[C@H](NC)C(C)=O)c2)ccc1OCc1ccccc1)C(=O)OCc1ccccc1. The Kier molecular flexibility index (Phi) is 17.2. The predicted octanol–water partition coefficient (Wildman–Crippen LogP) is 6.93. The average Bonchev–Trinajstić information content (AvgIpc) is 3.27. The highest BCUT2D eigenvalue weighted by Crippen LogP contribution is 2.33. The van der Waals surface area contributed by atoms with E-state index in [-0.39, 0.29) is 24.7 Å². The van der Waals surface area contributed by atoms with Crippen molar-refractivity contribution in [2.75, 3.05) is 34.7 Å². The fraction of sp³-hybridized carbons (Fsp3) is 0.327. The molecule has 5 rings (SSSR count). The summed E-state index contributed by atoms with van der Waals surface area (Å²) in [5.41, 5.74) is 6.26. The van der Waals surface area contributed by atoms with Gasteiger partial charge in [-0.15, -0.1) is 0 Å². The van der Waals surface area contributed by atoms with Crippen LogP contribution in [0.3, 0.4) is 0 Å². The van der Waals surface area contributed by atoms with Gasteiger partial charge in [-0.05, 0) is 117 Å². The van der Waals surface area contributed by atoms with Crippen molar-refractivity contribution in [2.45, 2.75) is 70.6 Å². The lowest BCUT2D eigenvalue weighted by molar-refractivity contribution is -0.156. The summed E-state index contributed by atoms with van der Waals surface area (Å²) in [4.78, 5) is 42.4. The minimum atomic E-state index is -0.961. The molecule has 0 aliphatic carbocycles. The second-order valence-corrected chi connectivity index (χ2v) is 14.7. The van der Waals surface area contributed by atoms with E-state index in [9.17, 15) is 14.4 Å². The quantitative estimate of drug-likeness (QED) is 0.0478. The molecular formula is C49H58N4O6. The van der Waals surface area contributed by atoms with Crippen LogP contribution in [-0.2, 0) is 51.8 Å². The molecule has 0 spiro atoms. The molecule has 0 saturated carbocycles. The summed E-state index contributed by atoms with van der Waals surface area (Å²) in [5.74, 6) is 0.596. The van der Waals surface area contributed by atoms with Gasteiger partial charge in [-0.2, -0.15) is 0 Å². The van der Waals surface area contributed by atoms with E-state index in [1.165, 1.54) is 4.90 Å². The van der Waals surface area contributed by atoms with Gasteiger partial charge in [0, 0.05) is 13.5 Å². The first kappa shape index (κ1) is 44.3. The number of carbonyl (C=O) groups is 3. The summed E-state index contributed by atoms with van der Waals surface area (Å²) >= 11 is 0. The molecule has 1 amide bonds.